The van der Waals surface area contributed by atoms with E-state index in [0.717, 1.165) is 22.3 Å². The SMILES string of the molecule is CCC(C)C(NC(=O)C[C@@H](CC)NC(=O)OCC1c2ccccc2-c2ccccc21)C(=O)O. The van der Waals surface area contributed by atoms with Gasteiger partial charge in [-0.2, -0.15) is 0 Å². The molecule has 2 aromatic carbocycles. The molecule has 7 heteroatoms. The van der Waals surface area contributed by atoms with Crippen LogP contribution >= 0.6 is 0 Å². The molecule has 2 amide bonds. The Kier molecular flexibility index (Phi) is 8.09. The molecule has 0 spiro atoms. The predicted molar refractivity (Wildman–Crippen MR) is 126 cm³/mol. The summed E-state index contributed by atoms with van der Waals surface area (Å²) in [6, 6.07) is 14.8. The van der Waals surface area contributed by atoms with Gasteiger partial charge in [-0.15, -0.1) is 0 Å². The minimum Gasteiger partial charge on any atom is -0.480 e. The second kappa shape index (κ2) is 11.0. The minimum absolute atomic E-state index is 0.0130. The van der Waals surface area contributed by atoms with E-state index in [1.54, 1.807) is 6.92 Å². The number of aliphatic carboxylic acids is 1. The number of hydrogen-bond donors (Lipinski definition) is 3. The van der Waals surface area contributed by atoms with Gasteiger partial charge in [-0.05, 0) is 34.6 Å². The van der Waals surface area contributed by atoms with Crippen LogP contribution in [0.4, 0.5) is 4.79 Å². The normalized spacial score (nSPS) is 15.0. The van der Waals surface area contributed by atoms with Gasteiger partial charge in [0.1, 0.15) is 12.6 Å². The Morgan fingerprint density at radius 2 is 1.52 bits per heavy atom. The average Bonchev–Trinajstić information content (AvgIpc) is 3.13. The van der Waals surface area contributed by atoms with Crippen LogP contribution in [0.1, 0.15) is 57.1 Å². The van der Waals surface area contributed by atoms with Crippen LogP contribution in [0.5, 0.6) is 0 Å². The first-order valence-electron chi connectivity index (χ1n) is 11.5. The molecule has 1 aliphatic carbocycles. The third-order valence-electron chi connectivity index (χ3n) is 6.39. The maximum absolute atomic E-state index is 12.5. The maximum atomic E-state index is 12.5. The van der Waals surface area contributed by atoms with Gasteiger partial charge < -0.3 is 20.5 Å². The minimum atomic E-state index is -1.06. The molecule has 0 heterocycles. The first-order chi connectivity index (χ1) is 15.8. The number of rotatable bonds is 10. The molecule has 3 atom stereocenters. The highest BCUT2D eigenvalue weighted by Gasteiger charge is 2.30. The van der Waals surface area contributed by atoms with Crippen LogP contribution in [-0.2, 0) is 14.3 Å². The molecule has 0 aromatic heterocycles. The van der Waals surface area contributed by atoms with Crippen molar-refractivity contribution in [3.05, 3.63) is 59.7 Å². The number of amides is 2. The molecular weight excluding hydrogens is 420 g/mol. The van der Waals surface area contributed by atoms with Gasteiger partial charge >= 0.3 is 12.1 Å². The highest BCUT2D eigenvalue weighted by molar-refractivity contribution is 5.84. The van der Waals surface area contributed by atoms with Gasteiger partial charge in [-0.3, -0.25) is 4.79 Å². The van der Waals surface area contributed by atoms with Gasteiger partial charge in [0.2, 0.25) is 5.91 Å². The van der Waals surface area contributed by atoms with Crippen molar-refractivity contribution in [2.24, 2.45) is 5.92 Å². The molecule has 176 valence electrons. The van der Waals surface area contributed by atoms with Crippen LogP contribution in [0.2, 0.25) is 0 Å². The van der Waals surface area contributed by atoms with E-state index in [-0.39, 0.29) is 24.9 Å². The summed E-state index contributed by atoms with van der Waals surface area (Å²) in [4.78, 5) is 36.4. The predicted octanol–water partition coefficient (Wildman–Crippen LogP) is 4.31. The summed E-state index contributed by atoms with van der Waals surface area (Å²) < 4.78 is 5.55. The average molecular weight is 453 g/mol. The molecule has 0 aliphatic heterocycles. The fourth-order valence-electron chi connectivity index (χ4n) is 4.24. The molecule has 33 heavy (non-hydrogen) atoms. The van der Waals surface area contributed by atoms with Gasteiger partial charge in [0.15, 0.2) is 0 Å². The van der Waals surface area contributed by atoms with Crippen LogP contribution in [0.3, 0.4) is 0 Å². The van der Waals surface area contributed by atoms with E-state index in [4.69, 9.17) is 4.74 Å². The largest absolute Gasteiger partial charge is 0.480 e. The third kappa shape index (κ3) is 5.72. The summed E-state index contributed by atoms with van der Waals surface area (Å²) in [5.41, 5.74) is 4.56. The van der Waals surface area contributed by atoms with Crippen LogP contribution in [0.15, 0.2) is 48.5 Å². The molecule has 0 saturated heterocycles. The van der Waals surface area contributed by atoms with E-state index in [9.17, 15) is 19.5 Å². The molecule has 0 saturated carbocycles. The molecule has 3 N–H and O–H groups in total. The van der Waals surface area contributed by atoms with Crippen molar-refractivity contribution in [3.8, 4) is 11.1 Å². The lowest BCUT2D eigenvalue weighted by atomic mass is 9.98. The molecule has 2 unspecified atom stereocenters. The number of alkyl carbamates (subject to hydrolysis) is 1. The Morgan fingerprint density at radius 1 is 0.939 bits per heavy atom. The number of ether oxygens (including phenoxy) is 1. The Labute approximate surface area is 194 Å². The molecule has 3 rings (SSSR count). The van der Waals surface area contributed by atoms with Crippen molar-refractivity contribution < 1.29 is 24.2 Å². The van der Waals surface area contributed by atoms with Gasteiger partial charge in [0, 0.05) is 18.4 Å². The second-order valence-corrected chi connectivity index (χ2v) is 8.55. The fraction of sp³-hybridized carbons (Fsp3) is 0.423. The van der Waals surface area contributed by atoms with E-state index in [1.807, 2.05) is 38.1 Å². The van der Waals surface area contributed by atoms with Crippen molar-refractivity contribution in [3.63, 3.8) is 0 Å². The van der Waals surface area contributed by atoms with E-state index in [0.29, 0.717) is 12.8 Å². The van der Waals surface area contributed by atoms with Crippen LogP contribution in [0, 0.1) is 5.92 Å². The Balaban J connectivity index is 1.57. The summed E-state index contributed by atoms with van der Waals surface area (Å²) >= 11 is 0. The first-order valence-corrected chi connectivity index (χ1v) is 11.5. The van der Waals surface area contributed by atoms with E-state index in [2.05, 4.69) is 34.9 Å². The highest BCUT2D eigenvalue weighted by Crippen LogP contribution is 2.44. The lowest BCUT2D eigenvalue weighted by Gasteiger charge is -2.22. The summed E-state index contributed by atoms with van der Waals surface area (Å²) in [6.07, 6.45) is 0.541. The van der Waals surface area contributed by atoms with E-state index < -0.39 is 30.1 Å². The summed E-state index contributed by atoms with van der Waals surface area (Å²) in [6.45, 7) is 5.70. The quantitative estimate of drug-likeness (QED) is 0.498. The van der Waals surface area contributed by atoms with E-state index >= 15 is 0 Å². The molecule has 0 bridgehead atoms. The summed E-state index contributed by atoms with van der Waals surface area (Å²) in [7, 11) is 0. The van der Waals surface area contributed by atoms with Crippen LogP contribution in [0.25, 0.3) is 11.1 Å². The Morgan fingerprint density at radius 3 is 2.03 bits per heavy atom. The smallest absolute Gasteiger partial charge is 0.407 e. The van der Waals surface area contributed by atoms with Crippen molar-refractivity contribution >= 4 is 18.0 Å². The zero-order chi connectivity index (χ0) is 24.0. The number of carbonyl (C=O) groups excluding carboxylic acids is 2. The number of nitrogens with one attached hydrogen (secondary N) is 2. The standard InChI is InChI=1S/C26H32N2O5/c1-4-16(3)24(25(30)31)28-23(29)14-17(5-2)27-26(32)33-15-22-20-12-8-6-10-18(20)19-11-7-9-13-21(19)22/h6-13,16-17,22,24H,4-5,14-15H2,1-3H3,(H,27,32)(H,28,29)(H,30,31)/t16?,17-,24?/m1/s1. The molecule has 0 fully saturated rings. The van der Waals surface area contributed by atoms with Crippen molar-refractivity contribution in [2.45, 2.75) is 58.0 Å². The molecule has 2 aromatic rings. The molecule has 7 nitrogen and oxygen atoms in total. The lowest BCUT2D eigenvalue weighted by molar-refractivity contribution is -0.143. The Hall–Kier alpha value is -3.35. The first kappa shape index (κ1) is 24.3. The summed E-state index contributed by atoms with van der Waals surface area (Å²) in [5.74, 6) is -1.70. The maximum Gasteiger partial charge on any atom is 0.407 e. The number of fused-ring (bicyclic) bond motifs is 3. The van der Waals surface area contributed by atoms with Gasteiger partial charge in [0.05, 0.1) is 0 Å². The van der Waals surface area contributed by atoms with Crippen LogP contribution in [-0.4, -0.2) is 41.8 Å². The van der Waals surface area contributed by atoms with Gasteiger partial charge in [0.25, 0.3) is 0 Å². The molecule has 0 radical (unpaired) electrons. The Bertz CT molecular complexity index is 960. The van der Waals surface area contributed by atoms with Crippen LogP contribution < -0.4 is 10.6 Å². The number of benzene rings is 2. The lowest BCUT2D eigenvalue weighted by Crippen LogP contribution is -2.47. The van der Waals surface area contributed by atoms with Gasteiger partial charge in [-0.25, -0.2) is 9.59 Å². The molecular formula is C26H32N2O5. The summed E-state index contributed by atoms with van der Waals surface area (Å²) in [5, 5.41) is 14.7. The van der Waals surface area contributed by atoms with Crippen molar-refractivity contribution in [1.82, 2.24) is 10.6 Å². The van der Waals surface area contributed by atoms with Crippen molar-refractivity contribution in [1.29, 1.82) is 0 Å². The highest BCUT2D eigenvalue weighted by atomic mass is 16.5. The third-order valence-corrected chi connectivity index (χ3v) is 6.39. The number of carboxylic acid groups (broad SMARTS) is 1. The number of carboxylic acids is 1. The number of carbonyl (C=O) groups is 3. The fourth-order valence-corrected chi connectivity index (χ4v) is 4.24. The van der Waals surface area contributed by atoms with Crippen molar-refractivity contribution in [2.75, 3.05) is 6.61 Å². The van der Waals surface area contributed by atoms with E-state index in [1.165, 1.54) is 0 Å². The zero-order valence-corrected chi connectivity index (χ0v) is 19.3. The monoisotopic (exact) mass is 452 g/mol. The zero-order valence-electron chi connectivity index (χ0n) is 19.3. The number of hydrogen-bond acceptors (Lipinski definition) is 4. The second-order valence-electron chi connectivity index (χ2n) is 8.55. The molecule has 1 aliphatic rings. The topological polar surface area (TPSA) is 105 Å². The van der Waals surface area contributed by atoms with Gasteiger partial charge in [-0.1, -0.05) is 75.7 Å².